The van der Waals surface area contributed by atoms with Crippen LogP contribution in [0.3, 0.4) is 0 Å². The van der Waals surface area contributed by atoms with Gasteiger partial charge in [0.2, 0.25) is 0 Å². The number of aromatic amines is 1. The summed E-state index contributed by atoms with van der Waals surface area (Å²) in [5, 5.41) is 0. The molecule has 0 radical (unpaired) electrons. The Morgan fingerprint density at radius 2 is 1.94 bits per heavy atom. The molecular weight excluding hydrogens is 219 g/mol. The van der Waals surface area contributed by atoms with Gasteiger partial charge in [0.1, 0.15) is 11.6 Å². The first-order chi connectivity index (χ1) is 7.99. The van der Waals surface area contributed by atoms with Crippen LogP contribution in [0.1, 0.15) is 17.0 Å². The lowest BCUT2D eigenvalue weighted by atomic mass is 10.0. The van der Waals surface area contributed by atoms with E-state index in [-0.39, 0.29) is 11.4 Å². The van der Waals surface area contributed by atoms with Crippen molar-refractivity contribution in [3.8, 4) is 11.3 Å². The van der Waals surface area contributed by atoms with Gasteiger partial charge in [0.05, 0.1) is 5.69 Å². The Balaban J connectivity index is 2.76. The smallest absolute Gasteiger partial charge is 0.254 e. The molecule has 1 aromatic heterocycles. The summed E-state index contributed by atoms with van der Waals surface area (Å²) in [6.07, 6.45) is 0. The number of nitrogens with zero attached hydrogens (tertiary/aromatic N) is 1. The molecule has 0 amide bonds. The summed E-state index contributed by atoms with van der Waals surface area (Å²) in [4.78, 5) is 18.5. The molecule has 2 rings (SSSR count). The minimum atomic E-state index is -0.329. The Labute approximate surface area is 98.3 Å². The normalized spacial score (nSPS) is 10.6. The van der Waals surface area contributed by atoms with Gasteiger partial charge in [-0.15, -0.1) is 0 Å². The molecular formula is C13H13FN2O. The fourth-order valence-electron chi connectivity index (χ4n) is 1.76. The summed E-state index contributed by atoms with van der Waals surface area (Å²) >= 11 is 0. The Bertz CT molecular complexity index is 632. The first-order valence-electron chi connectivity index (χ1n) is 5.33. The third-order valence-electron chi connectivity index (χ3n) is 2.72. The third-order valence-corrected chi connectivity index (χ3v) is 2.72. The highest BCUT2D eigenvalue weighted by molar-refractivity contribution is 5.66. The van der Waals surface area contributed by atoms with Gasteiger partial charge >= 0.3 is 0 Å². The van der Waals surface area contributed by atoms with Crippen molar-refractivity contribution >= 4 is 0 Å². The molecule has 0 bridgehead atoms. The lowest BCUT2D eigenvalue weighted by Crippen LogP contribution is -2.14. The van der Waals surface area contributed by atoms with Crippen molar-refractivity contribution in [2.75, 3.05) is 0 Å². The van der Waals surface area contributed by atoms with E-state index in [9.17, 15) is 9.18 Å². The highest BCUT2D eigenvalue weighted by Gasteiger charge is 2.11. The summed E-state index contributed by atoms with van der Waals surface area (Å²) in [5.41, 5.74) is 2.42. The van der Waals surface area contributed by atoms with E-state index in [4.69, 9.17) is 0 Å². The van der Waals surface area contributed by atoms with Crippen LogP contribution in [0.25, 0.3) is 11.3 Å². The van der Waals surface area contributed by atoms with Crippen LogP contribution in [0.4, 0.5) is 4.39 Å². The quantitative estimate of drug-likeness (QED) is 0.821. The van der Waals surface area contributed by atoms with Crippen LogP contribution >= 0.6 is 0 Å². The van der Waals surface area contributed by atoms with Gasteiger partial charge in [-0.1, -0.05) is 6.07 Å². The molecule has 0 aliphatic heterocycles. The van der Waals surface area contributed by atoms with Gasteiger partial charge in [-0.3, -0.25) is 4.79 Å². The predicted molar refractivity (Wildman–Crippen MR) is 64.5 cm³/mol. The number of hydrogen-bond donors (Lipinski definition) is 1. The number of rotatable bonds is 1. The second kappa shape index (κ2) is 4.13. The summed E-state index contributed by atoms with van der Waals surface area (Å²) in [6.45, 7) is 5.26. The van der Waals surface area contributed by atoms with E-state index in [2.05, 4.69) is 9.97 Å². The van der Waals surface area contributed by atoms with E-state index in [0.29, 0.717) is 22.6 Å². The van der Waals surface area contributed by atoms with Gasteiger partial charge in [0, 0.05) is 11.1 Å². The van der Waals surface area contributed by atoms with Crippen molar-refractivity contribution in [3.63, 3.8) is 0 Å². The molecule has 0 unspecified atom stereocenters. The number of hydrogen-bond acceptors (Lipinski definition) is 2. The molecule has 0 saturated carbocycles. The maximum absolute atomic E-state index is 13.3. The summed E-state index contributed by atoms with van der Waals surface area (Å²) in [5.74, 6) is 0.198. The number of benzene rings is 1. The second-order valence-electron chi connectivity index (χ2n) is 4.08. The van der Waals surface area contributed by atoms with E-state index in [1.807, 2.05) is 6.92 Å². The molecule has 17 heavy (non-hydrogen) atoms. The number of aromatic nitrogens is 2. The highest BCUT2D eigenvalue weighted by Crippen LogP contribution is 2.23. The van der Waals surface area contributed by atoms with Crippen LogP contribution in [0.2, 0.25) is 0 Å². The number of aryl methyl sites for hydroxylation is 2. The molecule has 0 spiro atoms. The minimum Gasteiger partial charge on any atom is -0.311 e. The van der Waals surface area contributed by atoms with Crippen LogP contribution in [-0.2, 0) is 0 Å². The van der Waals surface area contributed by atoms with Gasteiger partial charge in [-0.2, -0.15) is 0 Å². The van der Waals surface area contributed by atoms with Gasteiger partial charge in [-0.05, 0) is 38.5 Å². The van der Waals surface area contributed by atoms with E-state index in [1.54, 1.807) is 19.9 Å². The van der Waals surface area contributed by atoms with Gasteiger partial charge in [0.15, 0.2) is 0 Å². The van der Waals surface area contributed by atoms with Crippen LogP contribution in [-0.4, -0.2) is 9.97 Å². The molecule has 0 aliphatic rings. The Morgan fingerprint density at radius 3 is 2.65 bits per heavy atom. The fourth-order valence-corrected chi connectivity index (χ4v) is 1.76. The average Bonchev–Trinajstić information content (AvgIpc) is 2.27. The monoisotopic (exact) mass is 232 g/mol. The maximum atomic E-state index is 13.3. The van der Waals surface area contributed by atoms with E-state index in [0.717, 1.165) is 5.56 Å². The molecule has 0 aliphatic carbocycles. The first-order valence-corrected chi connectivity index (χ1v) is 5.33. The SMILES string of the molecule is Cc1nc(-c2cc(F)ccc2C)c(C)c(=O)[nH]1. The molecule has 0 saturated heterocycles. The number of halogens is 1. The first kappa shape index (κ1) is 11.5. The lowest BCUT2D eigenvalue weighted by molar-refractivity contribution is 0.628. The van der Waals surface area contributed by atoms with Crippen molar-refractivity contribution in [1.29, 1.82) is 0 Å². The molecule has 1 N–H and O–H groups in total. The second-order valence-corrected chi connectivity index (χ2v) is 4.08. The van der Waals surface area contributed by atoms with E-state index >= 15 is 0 Å². The van der Waals surface area contributed by atoms with Crippen molar-refractivity contribution in [3.05, 3.63) is 51.3 Å². The number of nitrogens with one attached hydrogen (secondary N) is 1. The van der Waals surface area contributed by atoms with Crippen molar-refractivity contribution in [2.45, 2.75) is 20.8 Å². The highest BCUT2D eigenvalue weighted by atomic mass is 19.1. The molecule has 1 heterocycles. The van der Waals surface area contributed by atoms with Gasteiger partial charge < -0.3 is 4.98 Å². The Kier molecular flexibility index (Phi) is 2.79. The zero-order chi connectivity index (χ0) is 12.6. The van der Waals surface area contributed by atoms with Gasteiger partial charge in [0.25, 0.3) is 5.56 Å². The molecule has 1 aromatic carbocycles. The maximum Gasteiger partial charge on any atom is 0.254 e. The van der Waals surface area contributed by atoms with Crippen molar-refractivity contribution < 1.29 is 4.39 Å². The fraction of sp³-hybridized carbons (Fsp3) is 0.231. The molecule has 88 valence electrons. The zero-order valence-electron chi connectivity index (χ0n) is 9.97. The predicted octanol–water partition coefficient (Wildman–Crippen LogP) is 2.50. The molecule has 4 heteroatoms. The number of H-pyrrole nitrogens is 1. The average molecular weight is 232 g/mol. The zero-order valence-corrected chi connectivity index (χ0v) is 9.97. The van der Waals surface area contributed by atoms with Crippen LogP contribution in [0, 0.1) is 26.6 Å². The topological polar surface area (TPSA) is 45.8 Å². The van der Waals surface area contributed by atoms with Crippen molar-refractivity contribution in [2.24, 2.45) is 0 Å². The Morgan fingerprint density at radius 1 is 1.24 bits per heavy atom. The molecule has 3 nitrogen and oxygen atoms in total. The minimum absolute atomic E-state index is 0.184. The summed E-state index contributed by atoms with van der Waals surface area (Å²) in [7, 11) is 0. The molecule has 0 fully saturated rings. The third kappa shape index (κ3) is 2.11. The van der Waals surface area contributed by atoms with Gasteiger partial charge in [-0.25, -0.2) is 9.37 Å². The molecule has 2 aromatic rings. The lowest BCUT2D eigenvalue weighted by Gasteiger charge is -2.08. The van der Waals surface area contributed by atoms with Crippen LogP contribution in [0.5, 0.6) is 0 Å². The van der Waals surface area contributed by atoms with E-state index in [1.165, 1.54) is 12.1 Å². The standard InChI is InChI=1S/C13H13FN2O/c1-7-4-5-10(14)6-11(7)12-8(2)13(17)16-9(3)15-12/h4-6H,1-3H3,(H,15,16,17). The molecule has 0 atom stereocenters. The van der Waals surface area contributed by atoms with Crippen molar-refractivity contribution in [1.82, 2.24) is 9.97 Å². The Hall–Kier alpha value is -1.97. The summed E-state index contributed by atoms with van der Waals surface area (Å²) in [6, 6.07) is 4.49. The van der Waals surface area contributed by atoms with E-state index < -0.39 is 0 Å². The largest absolute Gasteiger partial charge is 0.311 e. The van der Waals surface area contributed by atoms with Crippen LogP contribution < -0.4 is 5.56 Å². The summed E-state index contributed by atoms with van der Waals surface area (Å²) < 4.78 is 13.3. The van der Waals surface area contributed by atoms with Crippen LogP contribution in [0.15, 0.2) is 23.0 Å².